The summed E-state index contributed by atoms with van der Waals surface area (Å²) in [5, 5.41) is 0.948. The van der Waals surface area contributed by atoms with Gasteiger partial charge in [-0.1, -0.05) is 91.0 Å². The molecule has 1 aliphatic heterocycles. The van der Waals surface area contributed by atoms with Crippen molar-refractivity contribution in [3.63, 3.8) is 0 Å². The number of ether oxygens (including phenoxy) is 2. The molecular formula is C26H26N2O4. The minimum Gasteiger partial charge on any atom is -0.443 e. The Balaban J connectivity index is 1.36. The van der Waals surface area contributed by atoms with Crippen LogP contribution in [-0.4, -0.2) is 29.2 Å². The highest BCUT2D eigenvalue weighted by atomic mass is 16.6. The Labute approximate surface area is 187 Å². The second kappa shape index (κ2) is 10.7. The lowest BCUT2D eigenvalue weighted by Gasteiger charge is -2.20. The number of hydrogen-bond donors (Lipinski definition) is 1. The average molecular weight is 431 g/mol. The number of rotatable bonds is 9. The van der Waals surface area contributed by atoms with E-state index in [1.165, 1.54) is 5.56 Å². The Morgan fingerprint density at radius 2 is 1.38 bits per heavy atom. The van der Waals surface area contributed by atoms with Crippen LogP contribution in [0.1, 0.15) is 23.1 Å². The summed E-state index contributed by atoms with van der Waals surface area (Å²) in [6.45, 7) is 0.397. The minimum absolute atomic E-state index is 0.0828. The van der Waals surface area contributed by atoms with Crippen LogP contribution >= 0.6 is 0 Å². The van der Waals surface area contributed by atoms with Crippen LogP contribution in [0.5, 0.6) is 0 Å². The van der Waals surface area contributed by atoms with E-state index in [-0.39, 0.29) is 12.7 Å². The number of hydrazine groups is 1. The minimum atomic E-state index is -0.743. The van der Waals surface area contributed by atoms with E-state index in [9.17, 15) is 9.59 Å². The third-order valence-electron chi connectivity index (χ3n) is 5.28. The average Bonchev–Trinajstić information content (AvgIpc) is 3.63. The number of amides is 2. The van der Waals surface area contributed by atoms with Gasteiger partial charge < -0.3 is 9.47 Å². The van der Waals surface area contributed by atoms with Gasteiger partial charge in [0.2, 0.25) is 0 Å². The fraction of sp³-hybridized carbons (Fsp3) is 0.231. The van der Waals surface area contributed by atoms with E-state index < -0.39 is 18.1 Å². The molecule has 1 aliphatic rings. The summed E-state index contributed by atoms with van der Waals surface area (Å²) >= 11 is 0. The normalized spacial score (nSPS) is 16.9. The SMILES string of the molecule is O=C(OCc1ccccc1)N(NCc1ccccc1)C(=O)[C@@H]1O[C@H]1CCc1ccccc1. The van der Waals surface area contributed by atoms with Crippen molar-refractivity contribution < 1.29 is 19.1 Å². The molecule has 1 fully saturated rings. The van der Waals surface area contributed by atoms with Crippen molar-refractivity contribution in [2.75, 3.05) is 0 Å². The summed E-state index contributed by atoms with van der Waals surface area (Å²) in [7, 11) is 0. The third-order valence-corrected chi connectivity index (χ3v) is 5.28. The zero-order valence-electron chi connectivity index (χ0n) is 17.7. The molecule has 0 aromatic heterocycles. The topological polar surface area (TPSA) is 71.2 Å². The molecule has 164 valence electrons. The molecule has 1 heterocycles. The Morgan fingerprint density at radius 3 is 2.00 bits per heavy atom. The summed E-state index contributed by atoms with van der Waals surface area (Å²) in [6.07, 6.45) is -0.0685. The molecule has 0 radical (unpaired) electrons. The first-order valence-corrected chi connectivity index (χ1v) is 10.7. The zero-order chi connectivity index (χ0) is 22.2. The predicted octanol–water partition coefficient (Wildman–Crippen LogP) is 4.26. The summed E-state index contributed by atoms with van der Waals surface area (Å²) in [5.41, 5.74) is 5.90. The Kier molecular flexibility index (Phi) is 7.27. The first-order valence-electron chi connectivity index (χ1n) is 10.7. The lowest BCUT2D eigenvalue weighted by Crippen LogP contribution is -2.49. The van der Waals surface area contributed by atoms with E-state index in [4.69, 9.17) is 9.47 Å². The third kappa shape index (κ3) is 6.03. The van der Waals surface area contributed by atoms with Crippen LogP contribution in [0.4, 0.5) is 4.79 Å². The van der Waals surface area contributed by atoms with Gasteiger partial charge in [0.05, 0.1) is 6.10 Å². The number of epoxide rings is 1. The van der Waals surface area contributed by atoms with E-state index in [1.807, 2.05) is 91.0 Å². The molecule has 3 aromatic rings. The molecule has 2 amide bonds. The molecule has 1 saturated heterocycles. The van der Waals surface area contributed by atoms with Gasteiger partial charge in [0, 0.05) is 6.54 Å². The quantitative estimate of drug-likeness (QED) is 0.406. The standard InChI is InChI=1S/C26H26N2O4/c29-25(24-23(32-24)17-16-20-10-4-1-5-11-20)28(27-18-21-12-6-2-7-13-21)26(30)31-19-22-14-8-3-9-15-22/h1-15,23-24,27H,16-19H2/t23-,24+/m0/s1. The maximum absolute atomic E-state index is 13.0. The van der Waals surface area contributed by atoms with Crippen LogP contribution in [-0.2, 0) is 33.8 Å². The van der Waals surface area contributed by atoms with Gasteiger partial charge >= 0.3 is 6.09 Å². The van der Waals surface area contributed by atoms with Gasteiger partial charge in [-0.3, -0.25) is 4.79 Å². The van der Waals surface area contributed by atoms with E-state index in [2.05, 4.69) is 5.43 Å². The monoisotopic (exact) mass is 430 g/mol. The number of carbonyl (C=O) groups excluding carboxylic acids is 2. The molecule has 0 spiro atoms. The number of aryl methyl sites for hydroxylation is 1. The Morgan fingerprint density at radius 1 is 0.812 bits per heavy atom. The van der Waals surface area contributed by atoms with Crippen LogP contribution in [0.3, 0.4) is 0 Å². The van der Waals surface area contributed by atoms with Crippen LogP contribution < -0.4 is 5.43 Å². The zero-order valence-corrected chi connectivity index (χ0v) is 17.7. The van der Waals surface area contributed by atoms with Crippen molar-refractivity contribution in [1.82, 2.24) is 10.4 Å². The largest absolute Gasteiger partial charge is 0.443 e. The van der Waals surface area contributed by atoms with Crippen LogP contribution in [0.2, 0.25) is 0 Å². The number of hydrogen-bond acceptors (Lipinski definition) is 5. The molecule has 0 bridgehead atoms. The summed E-state index contributed by atoms with van der Waals surface area (Å²) in [5.74, 6) is -0.433. The Hall–Kier alpha value is -3.48. The van der Waals surface area contributed by atoms with E-state index in [1.54, 1.807) is 0 Å². The fourth-order valence-corrected chi connectivity index (χ4v) is 3.44. The summed E-state index contributed by atoms with van der Waals surface area (Å²) < 4.78 is 11.0. The second-order valence-electron chi connectivity index (χ2n) is 7.65. The molecule has 1 N–H and O–H groups in total. The molecule has 2 atom stereocenters. The molecule has 6 heteroatoms. The molecule has 0 aliphatic carbocycles. The first-order chi connectivity index (χ1) is 15.7. The maximum atomic E-state index is 13.0. The predicted molar refractivity (Wildman–Crippen MR) is 120 cm³/mol. The summed E-state index contributed by atoms with van der Waals surface area (Å²) in [4.78, 5) is 25.8. The van der Waals surface area contributed by atoms with Crippen LogP contribution in [0.25, 0.3) is 0 Å². The molecule has 0 saturated carbocycles. The number of carbonyl (C=O) groups is 2. The van der Waals surface area contributed by atoms with Crippen molar-refractivity contribution in [3.05, 3.63) is 108 Å². The van der Waals surface area contributed by atoms with Crippen molar-refractivity contribution in [2.24, 2.45) is 0 Å². The number of nitrogens with one attached hydrogen (secondary N) is 1. The molecular weight excluding hydrogens is 404 g/mol. The fourth-order valence-electron chi connectivity index (χ4n) is 3.44. The number of nitrogens with zero attached hydrogens (tertiary/aromatic N) is 1. The highest BCUT2D eigenvalue weighted by molar-refractivity contribution is 5.95. The van der Waals surface area contributed by atoms with Gasteiger partial charge in [0.25, 0.3) is 5.91 Å². The van der Waals surface area contributed by atoms with E-state index in [0.29, 0.717) is 13.0 Å². The first kappa shape index (κ1) is 21.7. The lowest BCUT2D eigenvalue weighted by molar-refractivity contribution is -0.133. The lowest BCUT2D eigenvalue weighted by atomic mass is 10.1. The van der Waals surface area contributed by atoms with Gasteiger partial charge in [-0.05, 0) is 29.5 Å². The van der Waals surface area contributed by atoms with Crippen molar-refractivity contribution in [1.29, 1.82) is 0 Å². The van der Waals surface area contributed by atoms with Gasteiger partial charge in [-0.15, -0.1) is 0 Å². The number of benzene rings is 3. The van der Waals surface area contributed by atoms with Gasteiger partial charge in [0.1, 0.15) is 6.61 Å². The summed E-state index contributed by atoms with van der Waals surface area (Å²) in [6, 6.07) is 29.0. The van der Waals surface area contributed by atoms with Gasteiger partial charge in [-0.2, -0.15) is 5.01 Å². The smallest absolute Gasteiger partial charge is 0.431 e. The van der Waals surface area contributed by atoms with Crippen LogP contribution in [0, 0.1) is 0 Å². The molecule has 0 unspecified atom stereocenters. The van der Waals surface area contributed by atoms with Crippen molar-refractivity contribution in [3.8, 4) is 0 Å². The molecule has 4 rings (SSSR count). The van der Waals surface area contributed by atoms with Gasteiger partial charge in [0.15, 0.2) is 6.10 Å². The van der Waals surface area contributed by atoms with Gasteiger partial charge in [-0.25, -0.2) is 10.2 Å². The van der Waals surface area contributed by atoms with Crippen LogP contribution in [0.15, 0.2) is 91.0 Å². The highest BCUT2D eigenvalue weighted by Crippen LogP contribution is 2.28. The second-order valence-corrected chi connectivity index (χ2v) is 7.65. The van der Waals surface area contributed by atoms with E-state index in [0.717, 1.165) is 22.6 Å². The maximum Gasteiger partial charge on any atom is 0.431 e. The Bertz CT molecular complexity index is 1010. The van der Waals surface area contributed by atoms with Crippen molar-refractivity contribution >= 4 is 12.0 Å². The highest BCUT2D eigenvalue weighted by Gasteiger charge is 2.48. The van der Waals surface area contributed by atoms with E-state index >= 15 is 0 Å². The molecule has 32 heavy (non-hydrogen) atoms. The van der Waals surface area contributed by atoms with Crippen molar-refractivity contribution in [2.45, 2.75) is 38.2 Å². The molecule has 3 aromatic carbocycles. The number of imide groups is 1. The molecule has 6 nitrogen and oxygen atoms in total.